The van der Waals surface area contributed by atoms with Crippen molar-refractivity contribution in [1.29, 1.82) is 0 Å². The molecule has 0 saturated carbocycles. The van der Waals surface area contributed by atoms with Gasteiger partial charge in [0.15, 0.2) is 0 Å². The van der Waals surface area contributed by atoms with Crippen molar-refractivity contribution in [3.63, 3.8) is 0 Å². The molecule has 3 aromatic rings. The number of likely N-dealkylation sites (N-methyl/N-ethyl adjacent to an activating group) is 1. The van der Waals surface area contributed by atoms with Crippen LogP contribution in [0.3, 0.4) is 0 Å². The number of aryl methyl sites for hydroxylation is 2. The van der Waals surface area contributed by atoms with Crippen LogP contribution >= 0.6 is 0 Å². The fourth-order valence-electron chi connectivity index (χ4n) is 4.26. The Kier molecular flexibility index (Phi) is 6.47. The van der Waals surface area contributed by atoms with Crippen LogP contribution in [0, 0.1) is 0 Å². The second-order valence-corrected chi connectivity index (χ2v) is 8.55. The van der Waals surface area contributed by atoms with Crippen LogP contribution in [0.1, 0.15) is 61.0 Å². The molecule has 0 spiro atoms. The predicted octanol–water partition coefficient (Wildman–Crippen LogP) is 4.02. The van der Waals surface area contributed by atoms with Gasteiger partial charge in [0, 0.05) is 6.04 Å². The minimum atomic E-state index is 0.00500. The summed E-state index contributed by atoms with van der Waals surface area (Å²) in [5.41, 5.74) is 6.23. The molecule has 2 unspecified atom stereocenters. The molecule has 1 heterocycles. The van der Waals surface area contributed by atoms with Crippen molar-refractivity contribution in [2.24, 2.45) is 0 Å². The van der Waals surface area contributed by atoms with Crippen LogP contribution in [-0.2, 0) is 17.6 Å². The second kappa shape index (κ2) is 9.43. The number of nitrogens with zero attached hydrogens (tertiary/aromatic N) is 4. The molecule has 1 aliphatic carbocycles. The Morgan fingerprint density at radius 2 is 1.77 bits per heavy atom. The van der Waals surface area contributed by atoms with Crippen molar-refractivity contribution >= 4 is 5.91 Å². The number of aromatic nitrogens is 3. The van der Waals surface area contributed by atoms with E-state index >= 15 is 0 Å². The Morgan fingerprint density at radius 1 is 1.06 bits per heavy atom. The smallest absolute Gasteiger partial charge is 0.234 e. The quantitative estimate of drug-likeness (QED) is 0.631. The van der Waals surface area contributed by atoms with E-state index in [1.807, 2.05) is 19.2 Å². The number of benzene rings is 2. The lowest BCUT2D eigenvalue weighted by Crippen LogP contribution is -2.37. The van der Waals surface area contributed by atoms with Gasteiger partial charge in [0.1, 0.15) is 12.7 Å². The number of carbonyl (C=O) groups is 1. The lowest BCUT2D eigenvalue weighted by molar-refractivity contribution is -0.123. The van der Waals surface area contributed by atoms with Crippen molar-refractivity contribution in [3.8, 4) is 5.69 Å². The van der Waals surface area contributed by atoms with E-state index in [-0.39, 0.29) is 18.0 Å². The molecule has 31 heavy (non-hydrogen) atoms. The van der Waals surface area contributed by atoms with Crippen LogP contribution < -0.4 is 5.32 Å². The first-order valence-corrected chi connectivity index (χ1v) is 11.1. The summed E-state index contributed by atoms with van der Waals surface area (Å²) in [6.45, 7) is 4.53. The van der Waals surface area contributed by atoms with Crippen LogP contribution in [0.15, 0.2) is 55.1 Å². The number of nitrogens with one attached hydrogen (secondary N) is 1. The maximum absolute atomic E-state index is 12.7. The van der Waals surface area contributed by atoms with Crippen LogP contribution in [0.2, 0.25) is 0 Å². The zero-order chi connectivity index (χ0) is 21.8. The third-order valence-electron chi connectivity index (χ3n) is 6.36. The molecule has 1 amide bonds. The molecule has 0 aliphatic heterocycles. The molecule has 0 radical (unpaired) electrons. The normalized spacial score (nSPS) is 15.4. The Balaban J connectivity index is 1.33. The lowest BCUT2D eigenvalue weighted by atomic mass is 9.89. The molecule has 0 fully saturated rings. The summed E-state index contributed by atoms with van der Waals surface area (Å²) in [5, 5.41) is 7.32. The van der Waals surface area contributed by atoms with Gasteiger partial charge in [-0.05, 0) is 81.0 Å². The van der Waals surface area contributed by atoms with Gasteiger partial charge in [-0.25, -0.2) is 9.67 Å². The zero-order valence-corrected chi connectivity index (χ0v) is 18.6. The van der Waals surface area contributed by atoms with E-state index in [0.717, 1.165) is 17.7 Å². The summed E-state index contributed by atoms with van der Waals surface area (Å²) in [6.07, 6.45) is 8.08. The van der Waals surface area contributed by atoms with Crippen molar-refractivity contribution in [2.75, 3.05) is 13.6 Å². The molecule has 162 valence electrons. The molecule has 1 aliphatic rings. The van der Waals surface area contributed by atoms with Crippen molar-refractivity contribution in [1.82, 2.24) is 25.0 Å². The highest BCUT2D eigenvalue weighted by Crippen LogP contribution is 2.25. The molecule has 0 saturated heterocycles. The summed E-state index contributed by atoms with van der Waals surface area (Å²) >= 11 is 0. The van der Waals surface area contributed by atoms with Gasteiger partial charge in [-0.2, -0.15) is 5.10 Å². The molecule has 1 aromatic heterocycles. The predicted molar refractivity (Wildman–Crippen MR) is 122 cm³/mol. The number of amides is 1. The molecule has 4 rings (SSSR count). The first-order valence-electron chi connectivity index (χ1n) is 11.1. The molecular weight excluding hydrogens is 386 g/mol. The average molecular weight is 418 g/mol. The van der Waals surface area contributed by atoms with Gasteiger partial charge in [-0.3, -0.25) is 9.69 Å². The minimum Gasteiger partial charge on any atom is -0.348 e. The molecular formula is C25H31N5O. The van der Waals surface area contributed by atoms with Gasteiger partial charge in [0.2, 0.25) is 5.91 Å². The van der Waals surface area contributed by atoms with Crippen molar-refractivity contribution in [3.05, 3.63) is 77.4 Å². The monoisotopic (exact) mass is 417 g/mol. The van der Waals surface area contributed by atoms with Crippen LogP contribution in [-0.4, -0.2) is 39.2 Å². The van der Waals surface area contributed by atoms with E-state index in [9.17, 15) is 4.79 Å². The van der Waals surface area contributed by atoms with E-state index in [1.54, 1.807) is 11.0 Å². The number of fused-ring (bicyclic) bond motifs is 1. The third kappa shape index (κ3) is 5.02. The summed E-state index contributed by atoms with van der Waals surface area (Å²) in [4.78, 5) is 18.8. The van der Waals surface area contributed by atoms with Gasteiger partial charge in [0.25, 0.3) is 0 Å². The number of hydrogen-bond donors (Lipinski definition) is 1. The van der Waals surface area contributed by atoms with E-state index in [0.29, 0.717) is 6.54 Å². The first kappa shape index (κ1) is 21.2. The summed E-state index contributed by atoms with van der Waals surface area (Å²) < 4.78 is 1.73. The maximum atomic E-state index is 12.7. The largest absolute Gasteiger partial charge is 0.348 e. The summed E-state index contributed by atoms with van der Waals surface area (Å²) in [6, 6.07) is 15.0. The van der Waals surface area contributed by atoms with Crippen LogP contribution in [0.25, 0.3) is 5.69 Å². The highest BCUT2D eigenvalue weighted by molar-refractivity contribution is 5.78. The Bertz CT molecular complexity index is 1010. The minimum absolute atomic E-state index is 0.00500. The highest BCUT2D eigenvalue weighted by atomic mass is 16.2. The Labute approximate surface area is 184 Å². The second-order valence-electron chi connectivity index (χ2n) is 8.55. The summed E-state index contributed by atoms with van der Waals surface area (Å²) in [7, 11) is 1.99. The topological polar surface area (TPSA) is 63.1 Å². The third-order valence-corrected chi connectivity index (χ3v) is 6.36. The van der Waals surface area contributed by atoms with Crippen LogP contribution in [0.4, 0.5) is 0 Å². The molecule has 6 nitrogen and oxygen atoms in total. The van der Waals surface area contributed by atoms with Gasteiger partial charge < -0.3 is 5.32 Å². The number of rotatable bonds is 7. The van der Waals surface area contributed by atoms with Crippen molar-refractivity contribution in [2.45, 2.75) is 51.6 Å². The van der Waals surface area contributed by atoms with E-state index < -0.39 is 0 Å². The van der Waals surface area contributed by atoms with Crippen LogP contribution in [0.5, 0.6) is 0 Å². The van der Waals surface area contributed by atoms with E-state index in [4.69, 9.17) is 0 Å². The molecule has 1 N–H and O–H groups in total. The Morgan fingerprint density at radius 3 is 2.48 bits per heavy atom. The van der Waals surface area contributed by atoms with E-state index in [2.05, 4.69) is 64.5 Å². The number of carbonyl (C=O) groups excluding carboxylic acids is 1. The molecule has 2 atom stereocenters. The van der Waals surface area contributed by atoms with Gasteiger partial charge in [0.05, 0.1) is 18.3 Å². The van der Waals surface area contributed by atoms with Gasteiger partial charge >= 0.3 is 0 Å². The summed E-state index contributed by atoms with van der Waals surface area (Å²) in [5.74, 6) is 0.0406. The zero-order valence-electron chi connectivity index (χ0n) is 18.6. The van der Waals surface area contributed by atoms with Crippen molar-refractivity contribution < 1.29 is 4.79 Å². The van der Waals surface area contributed by atoms with Gasteiger partial charge in [-0.15, -0.1) is 0 Å². The fraction of sp³-hybridized carbons (Fsp3) is 0.400. The van der Waals surface area contributed by atoms with E-state index in [1.165, 1.54) is 42.3 Å². The molecule has 2 aromatic carbocycles. The highest BCUT2D eigenvalue weighted by Gasteiger charge is 2.18. The Hall–Kier alpha value is -2.99. The molecule has 0 bridgehead atoms. The SMILES string of the molecule is CC(NC(=O)CN(C)C(C)c1ccc(-n2cncn2)cc1)c1ccc2c(c1)CCCC2. The average Bonchev–Trinajstić information content (AvgIpc) is 3.33. The standard InChI is InChI=1S/C25H31N5O/c1-18(22-9-8-21-6-4-5-7-23(21)14-22)28-25(31)15-29(3)19(2)20-10-12-24(13-11-20)30-17-26-16-27-30/h8-14,16-19H,4-7,15H2,1-3H3,(H,28,31). The lowest BCUT2D eigenvalue weighted by Gasteiger charge is -2.26. The fourth-order valence-corrected chi connectivity index (χ4v) is 4.26. The van der Waals surface area contributed by atoms with Gasteiger partial charge in [-0.1, -0.05) is 30.3 Å². The first-order chi connectivity index (χ1) is 15.0. The number of hydrogen-bond acceptors (Lipinski definition) is 4. The maximum Gasteiger partial charge on any atom is 0.234 e. The molecule has 6 heteroatoms.